The van der Waals surface area contributed by atoms with Crippen LogP contribution in [-0.4, -0.2) is 11.4 Å². The number of nitrogens with one attached hydrogen (secondary N) is 1. The molecule has 1 amide bonds. The molecule has 0 bridgehead atoms. The molecular formula is C13H19FN2O. The number of rotatable bonds is 4. The fourth-order valence-corrected chi connectivity index (χ4v) is 1.72. The monoisotopic (exact) mass is 238 g/mol. The van der Waals surface area contributed by atoms with Crippen LogP contribution >= 0.6 is 0 Å². The van der Waals surface area contributed by atoms with Crippen molar-refractivity contribution in [1.29, 1.82) is 0 Å². The maximum absolute atomic E-state index is 13.1. The largest absolute Gasteiger partial charge is 0.324 e. The Labute approximate surface area is 101 Å². The first-order valence-corrected chi connectivity index (χ1v) is 5.72. The van der Waals surface area contributed by atoms with Gasteiger partial charge in [0.2, 0.25) is 5.91 Å². The standard InChI is InChI=1S/C13H19FN2O/c1-4-5-13(3,15)12(17)16-11-7-9(2)6-10(14)8-11/h6-8H,4-5,15H2,1-3H3,(H,16,17). The molecule has 94 valence electrons. The number of amides is 1. The first-order chi connectivity index (χ1) is 7.85. The highest BCUT2D eigenvalue weighted by Crippen LogP contribution is 2.16. The van der Waals surface area contributed by atoms with Crippen LogP contribution in [0.4, 0.5) is 10.1 Å². The summed E-state index contributed by atoms with van der Waals surface area (Å²) >= 11 is 0. The fraction of sp³-hybridized carbons (Fsp3) is 0.462. The molecular weight excluding hydrogens is 219 g/mol. The molecule has 4 heteroatoms. The molecule has 0 radical (unpaired) electrons. The molecule has 0 aliphatic rings. The van der Waals surface area contributed by atoms with E-state index >= 15 is 0 Å². The number of hydrogen-bond acceptors (Lipinski definition) is 2. The molecule has 3 nitrogen and oxygen atoms in total. The average molecular weight is 238 g/mol. The normalized spacial score (nSPS) is 14.2. The van der Waals surface area contributed by atoms with Crippen molar-refractivity contribution in [1.82, 2.24) is 0 Å². The number of benzene rings is 1. The number of hydrogen-bond donors (Lipinski definition) is 2. The predicted octanol–water partition coefficient (Wildman–Crippen LogP) is 2.59. The Kier molecular flexibility index (Phi) is 4.23. The Balaban J connectivity index is 2.80. The molecule has 1 aromatic rings. The Morgan fingerprint density at radius 3 is 2.65 bits per heavy atom. The molecule has 0 heterocycles. The van der Waals surface area contributed by atoms with Crippen LogP contribution in [-0.2, 0) is 4.79 Å². The zero-order valence-corrected chi connectivity index (χ0v) is 10.5. The van der Waals surface area contributed by atoms with Gasteiger partial charge in [-0.05, 0) is 44.0 Å². The van der Waals surface area contributed by atoms with Crippen molar-refractivity contribution in [2.75, 3.05) is 5.32 Å². The van der Waals surface area contributed by atoms with E-state index in [0.717, 1.165) is 12.0 Å². The number of halogens is 1. The number of anilines is 1. The van der Waals surface area contributed by atoms with E-state index in [1.807, 2.05) is 6.92 Å². The van der Waals surface area contributed by atoms with Crippen LogP contribution in [0, 0.1) is 12.7 Å². The van der Waals surface area contributed by atoms with Crippen LogP contribution in [0.5, 0.6) is 0 Å². The lowest BCUT2D eigenvalue weighted by atomic mass is 9.96. The summed E-state index contributed by atoms with van der Waals surface area (Å²) in [4.78, 5) is 11.9. The van der Waals surface area contributed by atoms with Gasteiger partial charge in [0, 0.05) is 5.69 Å². The fourth-order valence-electron chi connectivity index (χ4n) is 1.72. The van der Waals surface area contributed by atoms with E-state index in [4.69, 9.17) is 5.73 Å². The number of nitrogens with two attached hydrogens (primary N) is 1. The maximum atomic E-state index is 13.1. The molecule has 1 aromatic carbocycles. The van der Waals surface area contributed by atoms with E-state index in [1.165, 1.54) is 12.1 Å². The van der Waals surface area contributed by atoms with Crippen LogP contribution in [0.25, 0.3) is 0 Å². The van der Waals surface area contributed by atoms with Crippen molar-refractivity contribution < 1.29 is 9.18 Å². The lowest BCUT2D eigenvalue weighted by molar-refractivity contribution is -0.120. The van der Waals surface area contributed by atoms with E-state index in [9.17, 15) is 9.18 Å². The van der Waals surface area contributed by atoms with Gasteiger partial charge in [-0.3, -0.25) is 4.79 Å². The molecule has 0 aromatic heterocycles. The Bertz CT molecular complexity index is 396. The number of carbonyl (C=O) groups excluding carboxylic acids is 1. The van der Waals surface area contributed by atoms with Crippen LogP contribution in [0.1, 0.15) is 32.3 Å². The minimum absolute atomic E-state index is 0.288. The lowest BCUT2D eigenvalue weighted by Crippen LogP contribution is -2.48. The third-order valence-electron chi connectivity index (χ3n) is 2.59. The quantitative estimate of drug-likeness (QED) is 0.847. The van der Waals surface area contributed by atoms with Gasteiger partial charge in [-0.1, -0.05) is 13.3 Å². The molecule has 0 saturated heterocycles. The second-order valence-electron chi connectivity index (χ2n) is 4.64. The van der Waals surface area contributed by atoms with Gasteiger partial charge in [-0.2, -0.15) is 0 Å². The van der Waals surface area contributed by atoms with E-state index in [0.29, 0.717) is 12.1 Å². The molecule has 1 atom stereocenters. The minimum atomic E-state index is -0.922. The van der Waals surface area contributed by atoms with Gasteiger partial charge in [0.05, 0.1) is 5.54 Å². The van der Waals surface area contributed by atoms with Gasteiger partial charge in [-0.15, -0.1) is 0 Å². The van der Waals surface area contributed by atoms with Gasteiger partial charge in [0.1, 0.15) is 5.82 Å². The molecule has 3 N–H and O–H groups in total. The lowest BCUT2D eigenvalue weighted by Gasteiger charge is -2.22. The van der Waals surface area contributed by atoms with Gasteiger partial charge in [-0.25, -0.2) is 4.39 Å². The highest BCUT2D eigenvalue weighted by molar-refractivity contribution is 5.97. The number of carbonyl (C=O) groups is 1. The SMILES string of the molecule is CCCC(C)(N)C(=O)Nc1cc(C)cc(F)c1. The summed E-state index contributed by atoms with van der Waals surface area (Å²) in [5.41, 5.74) is 6.17. The Morgan fingerprint density at radius 2 is 2.12 bits per heavy atom. The Morgan fingerprint density at radius 1 is 1.47 bits per heavy atom. The zero-order valence-electron chi connectivity index (χ0n) is 10.5. The average Bonchev–Trinajstić information content (AvgIpc) is 2.15. The third kappa shape index (κ3) is 3.82. The van der Waals surface area contributed by atoms with Crippen molar-refractivity contribution in [3.63, 3.8) is 0 Å². The predicted molar refractivity (Wildman–Crippen MR) is 67.3 cm³/mol. The summed E-state index contributed by atoms with van der Waals surface area (Å²) < 4.78 is 13.1. The summed E-state index contributed by atoms with van der Waals surface area (Å²) in [5.74, 6) is -0.654. The van der Waals surface area contributed by atoms with Crippen molar-refractivity contribution in [3.8, 4) is 0 Å². The molecule has 17 heavy (non-hydrogen) atoms. The van der Waals surface area contributed by atoms with Crippen molar-refractivity contribution >= 4 is 11.6 Å². The van der Waals surface area contributed by atoms with E-state index in [2.05, 4.69) is 5.32 Å². The summed E-state index contributed by atoms with van der Waals surface area (Å²) in [7, 11) is 0. The van der Waals surface area contributed by atoms with E-state index in [-0.39, 0.29) is 11.7 Å². The Hall–Kier alpha value is -1.42. The summed E-state index contributed by atoms with van der Waals surface area (Å²) in [6, 6.07) is 4.40. The van der Waals surface area contributed by atoms with Gasteiger partial charge >= 0.3 is 0 Å². The maximum Gasteiger partial charge on any atom is 0.244 e. The van der Waals surface area contributed by atoms with Gasteiger partial charge in [0.15, 0.2) is 0 Å². The van der Waals surface area contributed by atoms with Crippen LogP contribution in [0.15, 0.2) is 18.2 Å². The molecule has 0 aliphatic heterocycles. The molecule has 0 saturated carbocycles. The first kappa shape index (κ1) is 13.6. The third-order valence-corrected chi connectivity index (χ3v) is 2.59. The molecule has 0 fully saturated rings. The van der Waals surface area contributed by atoms with Crippen molar-refractivity contribution in [2.24, 2.45) is 5.73 Å². The van der Waals surface area contributed by atoms with Crippen LogP contribution < -0.4 is 11.1 Å². The topological polar surface area (TPSA) is 55.1 Å². The first-order valence-electron chi connectivity index (χ1n) is 5.72. The molecule has 1 unspecified atom stereocenters. The molecule has 0 aliphatic carbocycles. The van der Waals surface area contributed by atoms with Gasteiger partial charge in [0.25, 0.3) is 0 Å². The molecule has 0 spiro atoms. The van der Waals surface area contributed by atoms with E-state index < -0.39 is 5.54 Å². The summed E-state index contributed by atoms with van der Waals surface area (Å²) in [5, 5.41) is 2.64. The second-order valence-corrected chi connectivity index (χ2v) is 4.64. The smallest absolute Gasteiger partial charge is 0.244 e. The highest BCUT2D eigenvalue weighted by atomic mass is 19.1. The summed E-state index contributed by atoms with van der Waals surface area (Å²) in [6.45, 7) is 5.41. The van der Waals surface area contributed by atoms with E-state index in [1.54, 1.807) is 19.9 Å². The van der Waals surface area contributed by atoms with Crippen molar-refractivity contribution in [3.05, 3.63) is 29.6 Å². The summed E-state index contributed by atoms with van der Waals surface area (Å²) in [6.07, 6.45) is 1.41. The molecule has 1 rings (SSSR count). The highest BCUT2D eigenvalue weighted by Gasteiger charge is 2.27. The van der Waals surface area contributed by atoms with Crippen molar-refractivity contribution in [2.45, 2.75) is 39.2 Å². The van der Waals surface area contributed by atoms with Crippen LogP contribution in [0.3, 0.4) is 0 Å². The zero-order chi connectivity index (χ0) is 13.1. The number of aryl methyl sites for hydroxylation is 1. The minimum Gasteiger partial charge on any atom is -0.324 e. The van der Waals surface area contributed by atoms with Gasteiger partial charge < -0.3 is 11.1 Å². The second kappa shape index (κ2) is 5.27. The van der Waals surface area contributed by atoms with Crippen LogP contribution in [0.2, 0.25) is 0 Å².